The van der Waals surface area contributed by atoms with Crippen molar-refractivity contribution in [3.63, 3.8) is 0 Å². The topological polar surface area (TPSA) is 115 Å². The molecule has 0 saturated carbocycles. The fourth-order valence-corrected chi connectivity index (χ4v) is 2.64. The van der Waals surface area contributed by atoms with Gasteiger partial charge in [-0.1, -0.05) is 12.1 Å². The maximum atomic E-state index is 13.0. The van der Waals surface area contributed by atoms with Crippen LogP contribution in [0.1, 0.15) is 5.69 Å². The van der Waals surface area contributed by atoms with Crippen molar-refractivity contribution in [2.75, 3.05) is 13.7 Å². The Bertz CT molecular complexity index is 1180. The van der Waals surface area contributed by atoms with Gasteiger partial charge in [0.25, 0.3) is 0 Å². The molecule has 0 atom stereocenters. The third kappa shape index (κ3) is 5.70. The van der Waals surface area contributed by atoms with Crippen molar-refractivity contribution in [2.24, 2.45) is 7.05 Å². The van der Waals surface area contributed by atoms with E-state index in [-0.39, 0.29) is 28.9 Å². The summed E-state index contributed by atoms with van der Waals surface area (Å²) in [5.41, 5.74) is -1.48. The zero-order valence-corrected chi connectivity index (χ0v) is 17.2. The number of carbonyl (C=O) groups is 1. The van der Waals surface area contributed by atoms with Crippen molar-refractivity contribution in [1.29, 1.82) is 0 Å². The molecule has 3 aromatic rings. The summed E-state index contributed by atoms with van der Waals surface area (Å²) in [4.78, 5) is 22.1. The minimum atomic E-state index is -4.64. The second-order valence-electron chi connectivity index (χ2n) is 6.39. The normalized spacial score (nSPS) is 11.1. The van der Waals surface area contributed by atoms with E-state index in [4.69, 9.17) is 14.2 Å². The van der Waals surface area contributed by atoms with Gasteiger partial charge in [-0.05, 0) is 18.2 Å². The number of nitro groups is 1. The van der Waals surface area contributed by atoms with Gasteiger partial charge in [0.1, 0.15) is 11.4 Å². The Hall–Kier alpha value is -4.29. The lowest BCUT2D eigenvalue weighted by molar-refractivity contribution is -0.385. The summed E-state index contributed by atoms with van der Waals surface area (Å²) in [6.45, 7) is -0.427. The number of nitro benzene ring substituents is 1. The number of ether oxygens (including phenoxy) is 4. The molecule has 174 valence electrons. The largest absolute Gasteiger partial charge is 0.478 e. The fraction of sp³-hybridized carbons (Fsp3) is 0.200. The van der Waals surface area contributed by atoms with E-state index in [1.165, 1.54) is 25.3 Å². The summed E-state index contributed by atoms with van der Waals surface area (Å²) in [6, 6.07) is 10.1. The lowest BCUT2D eigenvalue weighted by atomic mass is 10.2. The number of para-hydroxylation sites is 2. The highest BCUT2D eigenvalue weighted by Crippen LogP contribution is 2.39. The molecule has 0 N–H and O–H groups in total. The van der Waals surface area contributed by atoms with E-state index >= 15 is 0 Å². The van der Waals surface area contributed by atoms with E-state index in [1.54, 1.807) is 12.1 Å². The lowest BCUT2D eigenvalue weighted by Crippen LogP contribution is -2.12. The molecule has 0 aliphatic carbocycles. The molecule has 0 unspecified atom stereocenters. The quantitative estimate of drug-likeness (QED) is 0.271. The van der Waals surface area contributed by atoms with Crippen LogP contribution in [0.15, 0.2) is 48.5 Å². The van der Waals surface area contributed by atoms with Crippen LogP contribution in [0.25, 0.3) is 0 Å². The Morgan fingerprint density at radius 2 is 1.79 bits per heavy atom. The molecule has 13 heteroatoms. The number of alkyl halides is 3. The SMILES string of the molecule is COC(=O)COc1ccccc1Oc1cc(Oc2cc(C(F)(F)F)n(C)n2)ccc1[N+](=O)[O-]. The van der Waals surface area contributed by atoms with E-state index in [0.29, 0.717) is 10.7 Å². The third-order valence-corrected chi connectivity index (χ3v) is 4.14. The molecular formula is C20H16F3N3O7. The second kappa shape index (κ2) is 9.46. The van der Waals surface area contributed by atoms with Crippen molar-refractivity contribution in [3.8, 4) is 28.9 Å². The van der Waals surface area contributed by atoms with Crippen LogP contribution < -0.4 is 14.2 Å². The van der Waals surface area contributed by atoms with E-state index < -0.39 is 35.1 Å². The van der Waals surface area contributed by atoms with Crippen molar-refractivity contribution in [3.05, 3.63) is 64.3 Å². The van der Waals surface area contributed by atoms with Crippen LogP contribution in [0.5, 0.6) is 28.9 Å². The zero-order chi connectivity index (χ0) is 24.2. The van der Waals surface area contributed by atoms with Crippen molar-refractivity contribution in [2.45, 2.75) is 6.18 Å². The molecule has 0 aliphatic rings. The number of halogens is 3. The van der Waals surface area contributed by atoms with Gasteiger partial charge in [0.05, 0.1) is 12.0 Å². The van der Waals surface area contributed by atoms with E-state index in [2.05, 4.69) is 9.84 Å². The maximum Gasteiger partial charge on any atom is 0.433 e. The number of hydrogen-bond acceptors (Lipinski definition) is 8. The number of carbonyl (C=O) groups excluding carboxylic acids is 1. The number of nitrogens with zero attached hydrogens (tertiary/aromatic N) is 3. The molecule has 2 aromatic carbocycles. The summed E-state index contributed by atoms with van der Waals surface area (Å²) >= 11 is 0. The average Bonchev–Trinajstić information content (AvgIpc) is 3.13. The van der Waals surface area contributed by atoms with Crippen LogP contribution in [-0.4, -0.2) is 34.4 Å². The number of benzene rings is 2. The number of rotatable bonds is 8. The standard InChI is InChI=1S/C20H16F3N3O7/c1-25-17(20(21,22)23)10-18(24-25)32-12-7-8-13(26(28)29)16(9-12)33-15-6-4-3-5-14(15)31-11-19(27)30-2/h3-10H,11H2,1-2H3. The summed E-state index contributed by atoms with van der Waals surface area (Å²) in [5.74, 6) is -1.22. The van der Waals surface area contributed by atoms with Gasteiger partial charge in [0.15, 0.2) is 18.1 Å². The molecule has 0 amide bonds. The highest BCUT2D eigenvalue weighted by molar-refractivity contribution is 5.71. The van der Waals surface area contributed by atoms with Crippen LogP contribution in [0.3, 0.4) is 0 Å². The van der Waals surface area contributed by atoms with Gasteiger partial charge in [-0.15, -0.1) is 5.10 Å². The zero-order valence-electron chi connectivity index (χ0n) is 17.2. The summed E-state index contributed by atoms with van der Waals surface area (Å²) in [6.07, 6.45) is -4.64. The van der Waals surface area contributed by atoms with Gasteiger partial charge in [-0.3, -0.25) is 14.8 Å². The predicted molar refractivity (Wildman–Crippen MR) is 105 cm³/mol. The Kier molecular flexibility index (Phi) is 6.70. The van der Waals surface area contributed by atoms with E-state index in [9.17, 15) is 28.1 Å². The monoisotopic (exact) mass is 467 g/mol. The molecule has 1 heterocycles. The first-order chi connectivity index (χ1) is 15.6. The van der Waals surface area contributed by atoms with Gasteiger partial charge in [-0.2, -0.15) is 13.2 Å². The second-order valence-corrected chi connectivity index (χ2v) is 6.39. The van der Waals surface area contributed by atoms with Crippen LogP contribution in [-0.2, 0) is 22.8 Å². The van der Waals surface area contributed by atoms with Gasteiger partial charge in [0.2, 0.25) is 11.6 Å². The van der Waals surface area contributed by atoms with Crippen LogP contribution in [0, 0.1) is 10.1 Å². The van der Waals surface area contributed by atoms with Crippen molar-refractivity contribution >= 4 is 11.7 Å². The smallest absolute Gasteiger partial charge is 0.433 e. The minimum absolute atomic E-state index is 0.0406. The van der Waals surface area contributed by atoms with E-state index in [1.807, 2.05) is 0 Å². The Morgan fingerprint density at radius 1 is 1.09 bits per heavy atom. The molecule has 0 spiro atoms. The molecule has 0 aliphatic heterocycles. The molecule has 0 bridgehead atoms. The fourth-order valence-electron chi connectivity index (χ4n) is 2.64. The predicted octanol–water partition coefficient (Wildman–Crippen LogP) is 4.48. The summed E-state index contributed by atoms with van der Waals surface area (Å²) in [5, 5.41) is 15.1. The third-order valence-electron chi connectivity index (χ3n) is 4.14. The van der Waals surface area contributed by atoms with Crippen LogP contribution in [0.4, 0.5) is 18.9 Å². The number of methoxy groups -OCH3 is 1. The lowest BCUT2D eigenvalue weighted by Gasteiger charge is -2.12. The van der Waals surface area contributed by atoms with Gasteiger partial charge in [0, 0.05) is 25.2 Å². The highest BCUT2D eigenvalue weighted by Gasteiger charge is 2.35. The Balaban J connectivity index is 1.90. The molecule has 33 heavy (non-hydrogen) atoms. The molecule has 0 fully saturated rings. The number of aromatic nitrogens is 2. The van der Waals surface area contributed by atoms with Crippen molar-refractivity contribution < 1.29 is 41.8 Å². The van der Waals surface area contributed by atoms with Gasteiger partial charge in [-0.25, -0.2) is 4.79 Å². The Labute approximate surface area is 184 Å². The van der Waals surface area contributed by atoms with Gasteiger partial charge >= 0.3 is 17.8 Å². The average molecular weight is 467 g/mol. The maximum absolute atomic E-state index is 13.0. The first-order valence-corrected chi connectivity index (χ1v) is 9.12. The highest BCUT2D eigenvalue weighted by atomic mass is 19.4. The van der Waals surface area contributed by atoms with Crippen LogP contribution in [0.2, 0.25) is 0 Å². The van der Waals surface area contributed by atoms with Crippen molar-refractivity contribution in [1.82, 2.24) is 9.78 Å². The minimum Gasteiger partial charge on any atom is -0.478 e. The summed E-state index contributed by atoms with van der Waals surface area (Å²) in [7, 11) is 2.29. The molecule has 0 radical (unpaired) electrons. The Morgan fingerprint density at radius 3 is 2.39 bits per heavy atom. The molecule has 3 rings (SSSR count). The first kappa shape index (κ1) is 23.4. The first-order valence-electron chi connectivity index (χ1n) is 9.12. The number of esters is 1. The summed E-state index contributed by atoms with van der Waals surface area (Å²) < 4.78 is 60.3. The number of aryl methyl sites for hydroxylation is 1. The van der Waals surface area contributed by atoms with E-state index in [0.717, 1.165) is 19.2 Å². The number of hydrogen-bond donors (Lipinski definition) is 0. The molecule has 1 aromatic heterocycles. The molecular weight excluding hydrogens is 451 g/mol. The molecule has 10 nitrogen and oxygen atoms in total. The van der Waals surface area contributed by atoms with Crippen LogP contribution >= 0.6 is 0 Å². The van der Waals surface area contributed by atoms with Gasteiger partial charge < -0.3 is 18.9 Å². The molecule has 0 saturated heterocycles.